The molecule has 8 heteroatoms. The Kier molecular flexibility index (Phi) is 4.50. The molecular weight excluding hydrogens is 354 g/mol. The molecule has 2 aromatic rings. The summed E-state index contributed by atoms with van der Waals surface area (Å²) in [5.74, 6) is -0.231. The van der Waals surface area contributed by atoms with Crippen LogP contribution in [0.2, 0.25) is 0 Å². The Bertz CT molecular complexity index is 931. The van der Waals surface area contributed by atoms with Crippen LogP contribution >= 0.6 is 0 Å². The highest BCUT2D eigenvalue weighted by atomic mass is 32.2. The summed E-state index contributed by atoms with van der Waals surface area (Å²) in [6.07, 6.45) is 4.04. The molecule has 26 heavy (non-hydrogen) atoms. The van der Waals surface area contributed by atoms with Crippen molar-refractivity contribution in [3.05, 3.63) is 30.0 Å². The summed E-state index contributed by atoms with van der Waals surface area (Å²) in [6.45, 7) is 3.44. The van der Waals surface area contributed by atoms with E-state index in [0.717, 1.165) is 30.4 Å². The Labute approximate surface area is 152 Å². The van der Waals surface area contributed by atoms with Crippen molar-refractivity contribution in [2.24, 2.45) is 0 Å². The minimum atomic E-state index is -3.75. The first-order valence-corrected chi connectivity index (χ1v) is 10.4. The number of hydrogen-bond donors (Lipinski definition) is 2. The SMILES string of the molecule is Cc1cc(S(=O)(=O)N2CC[C@H]2C(=O)N[C@@H]2CCCOC2)c2[nH]ccc2c1. The zero-order chi connectivity index (χ0) is 18.3. The number of nitrogens with zero attached hydrogens (tertiary/aromatic N) is 1. The first kappa shape index (κ1) is 17.5. The van der Waals surface area contributed by atoms with Gasteiger partial charge in [0.1, 0.15) is 10.9 Å². The van der Waals surface area contributed by atoms with Crippen LogP contribution in [0.3, 0.4) is 0 Å². The smallest absolute Gasteiger partial charge is 0.245 e. The number of rotatable bonds is 4. The molecule has 0 radical (unpaired) electrons. The fraction of sp³-hybridized carbons (Fsp3) is 0.500. The number of aromatic nitrogens is 1. The van der Waals surface area contributed by atoms with Crippen molar-refractivity contribution in [3.63, 3.8) is 0 Å². The molecule has 1 aromatic heterocycles. The summed E-state index contributed by atoms with van der Waals surface area (Å²) in [5, 5.41) is 3.79. The molecule has 1 amide bonds. The molecular formula is C18H23N3O4S. The standard InChI is InChI=1S/C18H23N3O4S/c1-12-9-13-4-6-19-17(13)16(10-12)26(23,24)21-7-5-15(21)18(22)20-14-3-2-8-25-11-14/h4,6,9-10,14-15,19H,2-3,5,7-8,11H2,1H3,(H,20,22)/t14-,15+/m1/s1. The zero-order valence-corrected chi connectivity index (χ0v) is 15.5. The maximum absolute atomic E-state index is 13.2. The average molecular weight is 377 g/mol. The van der Waals surface area contributed by atoms with Crippen molar-refractivity contribution >= 4 is 26.8 Å². The van der Waals surface area contributed by atoms with Gasteiger partial charge in [0.15, 0.2) is 0 Å². The predicted octanol–water partition coefficient (Wildman–Crippen LogP) is 1.53. The number of aryl methyl sites for hydroxylation is 1. The lowest BCUT2D eigenvalue weighted by molar-refractivity contribution is -0.129. The number of nitrogens with one attached hydrogen (secondary N) is 2. The number of aromatic amines is 1. The quantitative estimate of drug-likeness (QED) is 0.845. The zero-order valence-electron chi connectivity index (χ0n) is 14.7. The summed E-state index contributed by atoms with van der Waals surface area (Å²) < 4.78 is 33.1. The van der Waals surface area contributed by atoms with E-state index < -0.39 is 16.1 Å². The van der Waals surface area contributed by atoms with E-state index in [2.05, 4.69) is 10.3 Å². The minimum Gasteiger partial charge on any atom is -0.379 e. The molecule has 140 valence electrons. The number of carbonyl (C=O) groups excluding carboxylic acids is 1. The van der Waals surface area contributed by atoms with Crippen LogP contribution in [0.4, 0.5) is 0 Å². The number of fused-ring (bicyclic) bond motifs is 1. The Morgan fingerprint density at radius 3 is 2.88 bits per heavy atom. The van der Waals surface area contributed by atoms with Gasteiger partial charge < -0.3 is 15.0 Å². The second-order valence-electron chi connectivity index (χ2n) is 7.05. The molecule has 0 aliphatic carbocycles. The largest absolute Gasteiger partial charge is 0.379 e. The first-order valence-electron chi connectivity index (χ1n) is 8.94. The van der Waals surface area contributed by atoms with Gasteiger partial charge in [0, 0.05) is 24.7 Å². The maximum Gasteiger partial charge on any atom is 0.245 e. The summed E-state index contributed by atoms with van der Waals surface area (Å²) >= 11 is 0. The second kappa shape index (κ2) is 6.68. The van der Waals surface area contributed by atoms with E-state index >= 15 is 0 Å². The molecule has 0 bridgehead atoms. The van der Waals surface area contributed by atoms with Crippen LogP contribution in [-0.4, -0.2) is 55.5 Å². The number of sulfonamides is 1. The Morgan fingerprint density at radius 2 is 2.19 bits per heavy atom. The van der Waals surface area contributed by atoms with Gasteiger partial charge in [-0.25, -0.2) is 8.42 Å². The van der Waals surface area contributed by atoms with E-state index in [1.807, 2.05) is 19.1 Å². The number of hydrogen-bond acceptors (Lipinski definition) is 4. The van der Waals surface area contributed by atoms with Gasteiger partial charge in [0.2, 0.25) is 15.9 Å². The lowest BCUT2D eigenvalue weighted by Gasteiger charge is -2.39. The number of carbonyl (C=O) groups is 1. The van der Waals surface area contributed by atoms with E-state index in [1.165, 1.54) is 4.31 Å². The number of amides is 1. The van der Waals surface area contributed by atoms with Crippen LogP contribution in [0.25, 0.3) is 10.9 Å². The molecule has 7 nitrogen and oxygen atoms in total. The summed E-state index contributed by atoms with van der Waals surface area (Å²) in [5.41, 5.74) is 1.46. The van der Waals surface area contributed by atoms with Gasteiger partial charge in [-0.2, -0.15) is 4.31 Å². The molecule has 2 saturated heterocycles. The van der Waals surface area contributed by atoms with E-state index in [0.29, 0.717) is 25.1 Å². The monoisotopic (exact) mass is 377 g/mol. The Hall–Kier alpha value is -1.90. The highest BCUT2D eigenvalue weighted by Gasteiger charge is 2.44. The number of ether oxygens (including phenoxy) is 1. The topological polar surface area (TPSA) is 91.5 Å². The van der Waals surface area contributed by atoms with Crippen molar-refractivity contribution < 1.29 is 17.9 Å². The lowest BCUT2D eigenvalue weighted by atomic mass is 10.0. The van der Waals surface area contributed by atoms with Gasteiger partial charge >= 0.3 is 0 Å². The second-order valence-corrected chi connectivity index (χ2v) is 8.91. The van der Waals surface area contributed by atoms with Gasteiger partial charge in [0.05, 0.1) is 18.2 Å². The fourth-order valence-electron chi connectivity index (χ4n) is 3.68. The lowest BCUT2D eigenvalue weighted by Crippen LogP contribution is -2.59. The van der Waals surface area contributed by atoms with Crippen molar-refractivity contribution in [2.45, 2.75) is 43.2 Å². The molecule has 0 saturated carbocycles. The van der Waals surface area contributed by atoms with Crippen LogP contribution in [0.1, 0.15) is 24.8 Å². The van der Waals surface area contributed by atoms with Crippen LogP contribution in [-0.2, 0) is 19.6 Å². The first-order chi connectivity index (χ1) is 12.5. The molecule has 0 unspecified atom stereocenters. The van der Waals surface area contributed by atoms with Crippen molar-refractivity contribution in [2.75, 3.05) is 19.8 Å². The normalized spacial score (nSPS) is 24.3. The van der Waals surface area contributed by atoms with Gasteiger partial charge in [-0.1, -0.05) is 0 Å². The van der Waals surface area contributed by atoms with Gasteiger partial charge in [0.25, 0.3) is 0 Å². The molecule has 3 heterocycles. The molecule has 4 rings (SSSR count). The molecule has 0 spiro atoms. The van der Waals surface area contributed by atoms with Crippen molar-refractivity contribution in [1.82, 2.24) is 14.6 Å². The summed E-state index contributed by atoms with van der Waals surface area (Å²) in [7, 11) is -3.75. The summed E-state index contributed by atoms with van der Waals surface area (Å²) in [4.78, 5) is 15.8. The van der Waals surface area contributed by atoms with Crippen LogP contribution in [0.15, 0.2) is 29.3 Å². The molecule has 1 aromatic carbocycles. The third-order valence-electron chi connectivity index (χ3n) is 5.13. The van der Waals surface area contributed by atoms with Crippen LogP contribution in [0.5, 0.6) is 0 Å². The number of H-pyrrole nitrogens is 1. The van der Waals surface area contributed by atoms with E-state index in [4.69, 9.17) is 4.74 Å². The van der Waals surface area contributed by atoms with Gasteiger partial charge in [-0.15, -0.1) is 0 Å². The van der Waals surface area contributed by atoms with Gasteiger partial charge in [-0.05, 0) is 49.9 Å². The molecule has 2 aliphatic rings. The molecule has 2 N–H and O–H groups in total. The predicted molar refractivity (Wildman–Crippen MR) is 97.3 cm³/mol. The van der Waals surface area contributed by atoms with E-state index in [9.17, 15) is 13.2 Å². The highest BCUT2D eigenvalue weighted by Crippen LogP contribution is 2.32. The minimum absolute atomic E-state index is 0.0320. The van der Waals surface area contributed by atoms with Crippen LogP contribution in [0, 0.1) is 6.92 Å². The maximum atomic E-state index is 13.2. The molecule has 2 atom stereocenters. The molecule has 2 aliphatic heterocycles. The number of benzene rings is 1. The van der Waals surface area contributed by atoms with Crippen molar-refractivity contribution in [1.29, 1.82) is 0 Å². The Balaban J connectivity index is 1.57. The average Bonchev–Trinajstić information content (AvgIpc) is 3.01. The fourth-order valence-corrected chi connectivity index (χ4v) is 5.58. The summed E-state index contributed by atoms with van der Waals surface area (Å²) in [6, 6.07) is 4.78. The van der Waals surface area contributed by atoms with Gasteiger partial charge in [-0.3, -0.25) is 4.79 Å². The highest BCUT2D eigenvalue weighted by molar-refractivity contribution is 7.89. The third kappa shape index (κ3) is 3.02. The Morgan fingerprint density at radius 1 is 1.35 bits per heavy atom. The molecule has 2 fully saturated rings. The van der Waals surface area contributed by atoms with E-state index in [1.54, 1.807) is 12.3 Å². The van der Waals surface area contributed by atoms with E-state index in [-0.39, 0.29) is 16.8 Å². The van der Waals surface area contributed by atoms with Crippen LogP contribution < -0.4 is 5.32 Å². The van der Waals surface area contributed by atoms with Crippen molar-refractivity contribution in [3.8, 4) is 0 Å². The third-order valence-corrected chi connectivity index (χ3v) is 7.07.